The Hall–Kier alpha value is -3.14. The molecule has 0 radical (unpaired) electrons. The van der Waals surface area contributed by atoms with Gasteiger partial charge in [0.1, 0.15) is 12.4 Å². The molecule has 1 heterocycles. The highest BCUT2D eigenvalue weighted by molar-refractivity contribution is 5.94. The highest BCUT2D eigenvalue weighted by Gasteiger charge is 2.06. The van der Waals surface area contributed by atoms with Crippen LogP contribution in [0.5, 0.6) is 5.75 Å². The van der Waals surface area contributed by atoms with Gasteiger partial charge in [-0.1, -0.05) is 42.5 Å². The number of ether oxygens (including phenoxy) is 1. The molecule has 126 valence electrons. The molecule has 0 spiro atoms. The van der Waals surface area contributed by atoms with Gasteiger partial charge in [-0.05, 0) is 35.9 Å². The molecular formula is C21H20N2O2. The van der Waals surface area contributed by atoms with Gasteiger partial charge in [0.05, 0.1) is 0 Å². The average Bonchev–Trinajstić information content (AvgIpc) is 2.68. The molecule has 0 saturated carbocycles. The van der Waals surface area contributed by atoms with Gasteiger partial charge in [0.25, 0.3) is 5.91 Å². The first-order valence-corrected chi connectivity index (χ1v) is 8.26. The summed E-state index contributed by atoms with van der Waals surface area (Å²) >= 11 is 0. The van der Waals surface area contributed by atoms with Gasteiger partial charge in [-0.3, -0.25) is 9.78 Å². The molecule has 25 heavy (non-hydrogen) atoms. The van der Waals surface area contributed by atoms with Gasteiger partial charge in [0.2, 0.25) is 0 Å². The van der Waals surface area contributed by atoms with E-state index in [0.717, 1.165) is 11.3 Å². The van der Waals surface area contributed by atoms with Gasteiger partial charge >= 0.3 is 0 Å². The molecule has 0 unspecified atom stereocenters. The van der Waals surface area contributed by atoms with Gasteiger partial charge in [-0.2, -0.15) is 0 Å². The van der Waals surface area contributed by atoms with Crippen LogP contribution in [0.4, 0.5) is 0 Å². The molecule has 0 saturated heterocycles. The van der Waals surface area contributed by atoms with E-state index in [1.807, 2.05) is 60.7 Å². The number of nitrogens with one attached hydrogen (secondary N) is 1. The van der Waals surface area contributed by atoms with E-state index in [-0.39, 0.29) is 5.91 Å². The first-order valence-electron chi connectivity index (χ1n) is 8.26. The second-order valence-electron chi connectivity index (χ2n) is 5.63. The molecule has 1 aromatic heterocycles. The SMILES string of the molecule is O=C(NCCc1ccccn1)c1cccc(OCc2ccccc2)c1. The summed E-state index contributed by atoms with van der Waals surface area (Å²) in [7, 11) is 0. The highest BCUT2D eigenvalue weighted by atomic mass is 16.5. The third-order valence-corrected chi connectivity index (χ3v) is 3.74. The van der Waals surface area contributed by atoms with E-state index in [4.69, 9.17) is 4.74 Å². The summed E-state index contributed by atoms with van der Waals surface area (Å²) in [6, 6.07) is 22.9. The largest absolute Gasteiger partial charge is 0.489 e. The fourth-order valence-electron chi connectivity index (χ4n) is 2.42. The van der Waals surface area contributed by atoms with Crippen molar-refractivity contribution in [3.63, 3.8) is 0 Å². The van der Waals surface area contributed by atoms with Crippen LogP contribution < -0.4 is 10.1 Å². The Morgan fingerprint density at radius 1 is 0.960 bits per heavy atom. The van der Waals surface area contributed by atoms with Crippen molar-refractivity contribution in [1.29, 1.82) is 0 Å². The summed E-state index contributed by atoms with van der Waals surface area (Å²) in [5, 5.41) is 2.91. The van der Waals surface area contributed by atoms with E-state index < -0.39 is 0 Å². The van der Waals surface area contributed by atoms with Crippen LogP contribution in [-0.2, 0) is 13.0 Å². The van der Waals surface area contributed by atoms with Crippen LogP contribution >= 0.6 is 0 Å². The minimum absolute atomic E-state index is 0.110. The van der Waals surface area contributed by atoms with Crippen molar-refractivity contribution in [2.24, 2.45) is 0 Å². The van der Waals surface area contributed by atoms with Crippen molar-refractivity contribution >= 4 is 5.91 Å². The van der Waals surface area contributed by atoms with Gasteiger partial charge in [-0.15, -0.1) is 0 Å². The number of hydrogen-bond acceptors (Lipinski definition) is 3. The molecule has 3 rings (SSSR count). The third-order valence-electron chi connectivity index (χ3n) is 3.74. The minimum atomic E-state index is -0.110. The van der Waals surface area contributed by atoms with Crippen molar-refractivity contribution in [3.8, 4) is 5.75 Å². The lowest BCUT2D eigenvalue weighted by Crippen LogP contribution is -2.25. The number of benzene rings is 2. The van der Waals surface area contributed by atoms with Gasteiger partial charge in [0.15, 0.2) is 0 Å². The molecule has 0 bridgehead atoms. The van der Waals surface area contributed by atoms with Crippen LogP contribution in [0.25, 0.3) is 0 Å². The fraction of sp³-hybridized carbons (Fsp3) is 0.143. The monoisotopic (exact) mass is 332 g/mol. The van der Waals surface area contributed by atoms with Crippen molar-refractivity contribution in [1.82, 2.24) is 10.3 Å². The number of hydrogen-bond donors (Lipinski definition) is 1. The number of carbonyl (C=O) groups excluding carboxylic acids is 1. The molecule has 0 fully saturated rings. The second-order valence-corrected chi connectivity index (χ2v) is 5.63. The van der Waals surface area contributed by atoms with E-state index >= 15 is 0 Å². The lowest BCUT2D eigenvalue weighted by Gasteiger charge is -2.09. The Kier molecular flexibility index (Phi) is 5.77. The zero-order valence-corrected chi connectivity index (χ0v) is 13.9. The first kappa shape index (κ1) is 16.7. The van der Waals surface area contributed by atoms with E-state index in [9.17, 15) is 4.79 Å². The van der Waals surface area contributed by atoms with Crippen LogP contribution in [0.1, 0.15) is 21.6 Å². The maximum Gasteiger partial charge on any atom is 0.251 e. The predicted octanol–water partition coefficient (Wildman–Crippen LogP) is 3.63. The summed E-state index contributed by atoms with van der Waals surface area (Å²) in [5.41, 5.74) is 2.64. The summed E-state index contributed by atoms with van der Waals surface area (Å²) in [4.78, 5) is 16.5. The van der Waals surface area contributed by atoms with Crippen LogP contribution in [0.3, 0.4) is 0 Å². The van der Waals surface area contributed by atoms with Gasteiger partial charge in [0, 0.05) is 30.4 Å². The fourth-order valence-corrected chi connectivity index (χ4v) is 2.42. The van der Waals surface area contributed by atoms with Crippen LogP contribution in [-0.4, -0.2) is 17.4 Å². The Morgan fingerprint density at radius 3 is 2.60 bits per heavy atom. The standard InChI is InChI=1S/C21H20N2O2/c24-21(23-14-12-19-10-4-5-13-22-19)18-9-6-11-20(15-18)25-16-17-7-2-1-3-8-17/h1-11,13,15H,12,14,16H2,(H,23,24). The van der Waals surface area contributed by atoms with Crippen molar-refractivity contribution in [2.45, 2.75) is 13.0 Å². The van der Waals surface area contributed by atoms with Crippen molar-refractivity contribution in [2.75, 3.05) is 6.54 Å². The number of aromatic nitrogens is 1. The molecule has 3 aromatic rings. The molecular weight excluding hydrogens is 312 g/mol. The zero-order chi connectivity index (χ0) is 17.3. The number of carbonyl (C=O) groups is 1. The van der Waals surface area contributed by atoms with Crippen LogP contribution in [0.15, 0.2) is 79.0 Å². The molecule has 4 nitrogen and oxygen atoms in total. The first-order chi connectivity index (χ1) is 12.3. The third kappa shape index (κ3) is 5.18. The Bertz CT molecular complexity index is 804. The van der Waals surface area contributed by atoms with Crippen LogP contribution in [0, 0.1) is 0 Å². The summed E-state index contributed by atoms with van der Waals surface area (Å²) in [5.74, 6) is 0.572. The van der Waals surface area contributed by atoms with E-state index in [0.29, 0.717) is 30.9 Å². The number of pyridine rings is 1. The van der Waals surface area contributed by atoms with E-state index in [1.54, 1.807) is 18.3 Å². The second kappa shape index (κ2) is 8.64. The lowest BCUT2D eigenvalue weighted by molar-refractivity contribution is 0.0953. The molecule has 1 N–H and O–H groups in total. The molecule has 0 aliphatic carbocycles. The van der Waals surface area contributed by atoms with Gasteiger partial charge in [-0.25, -0.2) is 0 Å². The molecule has 2 aromatic carbocycles. The molecule has 0 aliphatic rings. The Morgan fingerprint density at radius 2 is 1.80 bits per heavy atom. The smallest absolute Gasteiger partial charge is 0.251 e. The molecule has 0 aliphatic heterocycles. The zero-order valence-electron chi connectivity index (χ0n) is 13.9. The molecule has 1 amide bonds. The number of nitrogens with zero attached hydrogens (tertiary/aromatic N) is 1. The van der Waals surface area contributed by atoms with Crippen molar-refractivity contribution in [3.05, 3.63) is 95.8 Å². The normalized spacial score (nSPS) is 10.2. The number of rotatable bonds is 7. The predicted molar refractivity (Wildman–Crippen MR) is 97.5 cm³/mol. The quantitative estimate of drug-likeness (QED) is 0.719. The maximum atomic E-state index is 12.3. The highest BCUT2D eigenvalue weighted by Crippen LogP contribution is 2.15. The summed E-state index contributed by atoms with van der Waals surface area (Å²) < 4.78 is 5.77. The Labute approximate surface area is 147 Å². The van der Waals surface area contributed by atoms with Gasteiger partial charge < -0.3 is 10.1 Å². The minimum Gasteiger partial charge on any atom is -0.489 e. The lowest BCUT2D eigenvalue weighted by atomic mass is 10.2. The molecule has 4 heteroatoms. The summed E-state index contributed by atoms with van der Waals surface area (Å²) in [6.45, 7) is 1.02. The number of amides is 1. The molecule has 0 atom stereocenters. The van der Waals surface area contributed by atoms with Crippen LogP contribution in [0.2, 0.25) is 0 Å². The Balaban J connectivity index is 1.52. The summed E-state index contributed by atoms with van der Waals surface area (Å²) in [6.07, 6.45) is 2.46. The maximum absolute atomic E-state index is 12.3. The van der Waals surface area contributed by atoms with E-state index in [2.05, 4.69) is 10.3 Å². The average molecular weight is 332 g/mol. The van der Waals surface area contributed by atoms with E-state index in [1.165, 1.54) is 0 Å². The topological polar surface area (TPSA) is 51.2 Å². The van der Waals surface area contributed by atoms with Crippen molar-refractivity contribution < 1.29 is 9.53 Å².